The van der Waals surface area contributed by atoms with Crippen LogP contribution in [0.2, 0.25) is 0 Å². The van der Waals surface area contributed by atoms with Crippen LogP contribution in [0.4, 0.5) is 0 Å². The second kappa shape index (κ2) is 4.53. The van der Waals surface area contributed by atoms with Crippen molar-refractivity contribution >= 4 is 16.7 Å². The molecular formula is C14H10N2O3. The number of carbonyl (C=O) groups excluding carboxylic acids is 1. The Labute approximate surface area is 108 Å². The minimum atomic E-state index is -0.189. The molecule has 5 heteroatoms. The molecule has 94 valence electrons. The molecule has 2 aromatic heterocycles. The van der Waals surface area contributed by atoms with E-state index in [2.05, 4.69) is 5.10 Å². The Morgan fingerprint density at radius 2 is 2.05 bits per heavy atom. The molecule has 19 heavy (non-hydrogen) atoms. The predicted molar refractivity (Wildman–Crippen MR) is 69.0 cm³/mol. The number of para-hydroxylation sites is 1. The van der Waals surface area contributed by atoms with E-state index in [1.165, 1.54) is 17.1 Å². The molecule has 0 unspecified atom stereocenters. The summed E-state index contributed by atoms with van der Waals surface area (Å²) in [4.78, 5) is 23.6. The Morgan fingerprint density at radius 1 is 1.21 bits per heavy atom. The van der Waals surface area contributed by atoms with Crippen LogP contribution in [0.5, 0.6) is 0 Å². The Morgan fingerprint density at radius 3 is 2.84 bits per heavy atom. The lowest BCUT2D eigenvalue weighted by molar-refractivity contribution is 0.0941. The number of carbonyl (C=O) groups is 1. The average molecular weight is 254 g/mol. The van der Waals surface area contributed by atoms with Crippen LogP contribution in [0, 0.1) is 0 Å². The highest BCUT2D eigenvalue weighted by Gasteiger charge is 2.11. The molecule has 0 aliphatic carbocycles. The summed E-state index contributed by atoms with van der Waals surface area (Å²) in [6.45, 7) is 0.0360. The van der Waals surface area contributed by atoms with Crippen molar-refractivity contribution in [3.63, 3.8) is 0 Å². The molecule has 0 amide bonds. The number of benzene rings is 1. The quantitative estimate of drug-likeness (QED) is 0.669. The van der Waals surface area contributed by atoms with Crippen LogP contribution in [0.3, 0.4) is 0 Å². The predicted octanol–water partition coefficient (Wildman–Crippen LogP) is 1.87. The molecule has 3 rings (SSSR count). The van der Waals surface area contributed by atoms with Crippen molar-refractivity contribution in [3.05, 3.63) is 64.8 Å². The van der Waals surface area contributed by atoms with Gasteiger partial charge in [-0.25, -0.2) is 0 Å². The number of furan rings is 1. The maximum Gasteiger partial charge on any atom is 0.219 e. The molecule has 0 bridgehead atoms. The van der Waals surface area contributed by atoms with Crippen molar-refractivity contribution in [1.82, 2.24) is 9.78 Å². The van der Waals surface area contributed by atoms with Gasteiger partial charge >= 0.3 is 0 Å². The Balaban J connectivity index is 2.05. The summed E-state index contributed by atoms with van der Waals surface area (Å²) in [7, 11) is 0. The highest BCUT2D eigenvalue weighted by Crippen LogP contribution is 2.09. The number of hydrogen-bond donors (Lipinski definition) is 0. The normalized spacial score (nSPS) is 10.7. The molecule has 0 spiro atoms. The van der Waals surface area contributed by atoms with Crippen LogP contribution in [-0.4, -0.2) is 15.6 Å². The van der Waals surface area contributed by atoms with Crippen molar-refractivity contribution in [3.8, 4) is 0 Å². The molecule has 0 fully saturated rings. The first-order chi connectivity index (χ1) is 9.25. The Kier molecular flexibility index (Phi) is 2.72. The maximum atomic E-state index is 12.0. The standard InChI is InChI=1S/C14H10N2O3/c17-12-8-15-16(11-5-2-1-4-10(11)12)9-13(18)14-6-3-7-19-14/h1-8H,9H2. The number of Topliss-reactive ketones (excluding diaryl/α,β-unsaturated/α-hetero) is 1. The van der Waals surface area contributed by atoms with Gasteiger partial charge in [-0.1, -0.05) is 12.1 Å². The molecule has 0 saturated heterocycles. The van der Waals surface area contributed by atoms with E-state index in [0.29, 0.717) is 10.9 Å². The fourth-order valence-electron chi connectivity index (χ4n) is 1.94. The van der Waals surface area contributed by atoms with Gasteiger partial charge in [0.25, 0.3) is 0 Å². The van der Waals surface area contributed by atoms with E-state index in [4.69, 9.17) is 4.42 Å². The van der Waals surface area contributed by atoms with E-state index in [9.17, 15) is 9.59 Å². The first-order valence-electron chi connectivity index (χ1n) is 5.77. The second-order valence-electron chi connectivity index (χ2n) is 4.08. The third kappa shape index (κ3) is 2.06. The fraction of sp³-hybridized carbons (Fsp3) is 0.0714. The second-order valence-corrected chi connectivity index (χ2v) is 4.08. The van der Waals surface area contributed by atoms with Crippen LogP contribution in [0.25, 0.3) is 10.9 Å². The summed E-state index contributed by atoms with van der Waals surface area (Å²) in [5.74, 6) is 0.0934. The van der Waals surface area contributed by atoms with Gasteiger partial charge < -0.3 is 4.42 Å². The average Bonchev–Trinajstić information content (AvgIpc) is 2.96. The topological polar surface area (TPSA) is 65.1 Å². The lowest BCUT2D eigenvalue weighted by Crippen LogP contribution is -2.17. The van der Waals surface area contributed by atoms with E-state index in [1.807, 2.05) is 0 Å². The van der Waals surface area contributed by atoms with Gasteiger partial charge in [-0.2, -0.15) is 5.10 Å². The highest BCUT2D eigenvalue weighted by molar-refractivity contribution is 5.94. The zero-order valence-electron chi connectivity index (χ0n) is 9.95. The molecule has 1 aromatic carbocycles. The molecule has 0 aliphatic heterocycles. The summed E-state index contributed by atoms with van der Waals surface area (Å²) < 4.78 is 6.55. The van der Waals surface area contributed by atoms with Gasteiger partial charge in [-0.05, 0) is 24.3 Å². The van der Waals surface area contributed by atoms with Crippen LogP contribution < -0.4 is 5.43 Å². The van der Waals surface area contributed by atoms with Gasteiger partial charge in [0.2, 0.25) is 11.2 Å². The van der Waals surface area contributed by atoms with Gasteiger partial charge in [0, 0.05) is 5.39 Å². The van der Waals surface area contributed by atoms with Gasteiger partial charge in [-0.3, -0.25) is 14.3 Å². The maximum absolute atomic E-state index is 12.0. The molecule has 3 aromatic rings. The minimum absolute atomic E-state index is 0.0360. The number of ketones is 1. The van der Waals surface area contributed by atoms with Crippen molar-refractivity contribution in [2.24, 2.45) is 0 Å². The van der Waals surface area contributed by atoms with E-state index in [1.54, 1.807) is 36.4 Å². The van der Waals surface area contributed by atoms with Crippen LogP contribution in [0.1, 0.15) is 10.6 Å². The Hall–Kier alpha value is -2.69. The van der Waals surface area contributed by atoms with Gasteiger partial charge in [0.15, 0.2) is 5.76 Å². The number of fused-ring (bicyclic) bond motifs is 1. The van der Waals surface area contributed by atoms with E-state index in [-0.39, 0.29) is 23.5 Å². The molecular weight excluding hydrogens is 244 g/mol. The first-order valence-corrected chi connectivity index (χ1v) is 5.77. The van der Waals surface area contributed by atoms with E-state index in [0.717, 1.165) is 0 Å². The largest absolute Gasteiger partial charge is 0.461 e. The van der Waals surface area contributed by atoms with Gasteiger partial charge in [0.05, 0.1) is 18.0 Å². The fourth-order valence-corrected chi connectivity index (χ4v) is 1.94. The summed E-state index contributed by atoms with van der Waals surface area (Å²) in [5.41, 5.74) is 0.479. The lowest BCUT2D eigenvalue weighted by atomic mass is 10.2. The summed E-state index contributed by atoms with van der Waals surface area (Å²) in [6.07, 6.45) is 2.67. The van der Waals surface area contributed by atoms with Crippen molar-refractivity contribution in [1.29, 1.82) is 0 Å². The van der Waals surface area contributed by atoms with Crippen molar-refractivity contribution < 1.29 is 9.21 Å². The summed E-state index contributed by atoms with van der Waals surface area (Å²) in [5, 5.41) is 4.54. The number of rotatable bonds is 3. The van der Waals surface area contributed by atoms with Crippen LogP contribution in [0.15, 0.2) is 58.1 Å². The number of nitrogens with zero attached hydrogens (tertiary/aromatic N) is 2. The summed E-state index contributed by atoms with van der Waals surface area (Å²) >= 11 is 0. The first kappa shape index (κ1) is 11.4. The third-order valence-electron chi connectivity index (χ3n) is 2.85. The van der Waals surface area contributed by atoms with Crippen LogP contribution >= 0.6 is 0 Å². The monoisotopic (exact) mass is 254 g/mol. The molecule has 5 nitrogen and oxygen atoms in total. The minimum Gasteiger partial charge on any atom is -0.461 e. The lowest BCUT2D eigenvalue weighted by Gasteiger charge is -2.07. The van der Waals surface area contributed by atoms with Crippen molar-refractivity contribution in [2.45, 2.75) is 6.54 Å². The SMILES string of the molecule is O=C(Cn1ncc(=O)c2ccccc21)c1ccco1. The highest BCUT2D eigenvalue weighted by atomic mass is 16.3. The Bertz CT molecular complexity index is 788. The van der Waals surface area contributed by atoms with Crippen LogP contribution in [-0.2, 0) is 6.54 Å². The molecule has 2 heterocycles. The molecule has 0 saturated carbocycles. The number of aromatic nitrogens is 2. The van der Waals surface area contributed by atoms with Gasteiger partial charge in [-0.15, -0.1) is 0 Å². The summed E-state index contributed by atoms with van der Waals surface area (Å²) in [6, 6.07) is 10.3. The molecule has 0 N–H and O–H groups in total. The molecule has 0 radical (unpaired) electrons. The zero-order valence-corrected chi connectivity index (χ0v) is 9.95. The van der Waals surface area contributed by atoms with E-state index >= 15 is 0 Å². The molecule has 0 aliphatic rings. The molecule has 0 atom stereocenters. The van der Waals surface area contributed by atoms with E-state index < -0.39 is 0 Å². The van der Waals surface area contributed by atoms with Gasteiger partial charge in [0.1, 0.15) is 6.54 Å². The zero-order chi connectivity index (χ0) is 13.2. The smallest absolute Gasteiger partial charge is 0.219 e. The number of hydrogen-bond acceptors (Lipinski definition) is 4. The van der Waals surface area contributed by atoms with Crippen molar-refractivity contribution in [2.75, 3.05) is 0 Å². The third-order valence-corrected chi connectivity index (χ3v) is 2.85.